The monoisotopic (exact) mass is 501 g/mol. The van der Waals surface area contributed by atoms with Crippen molar-refractivity contribution in [2.75, 3.05) is 27.2 Å². The normalized spacial score (nSPS) is 11.8. The Morgan fingerprint density at radius 3 is 1.84 bits per heavy atom. The second-order valence-corrected chi connectivity index (χ2v) is 8.72. The van der Waals surface area contributed by atoms with Crippen LogP contribution in [0.1, 0.15) is 39.0 Å². The highest BCUT2D eigenvalue weighted by Gasteiger charge is 2.17. The summed E-state index contributed by atoms with van der Waals surface area (Å²) in [6.07, 6.45) is 5.38. The number of carbonyl (C=O) groups excluding carboxylic acids is 1. The number of ketones is 1. The maximum absolute atomic E-state index is 12.6. The maximum atomic E-state index is 12.6. The first-order valence-corrected chi connectivity index (χ1v) is 12.0. The molecular weight excluding hydrogens is 470 g/mol. The van der Waals surface area contributed by atoms with Crippen molar-refractivity contribution in [2.24, 2.45) is 0 Å². The number of carboxylic acid groups (broad SMARTS) is 2. The minimum absolute atomic E-state index is 0.128. The largest absolute Gasteiger partial charge is 0.497 e. The molecule has 0 heterocycles. The number of aryl methyl sites for hydroxylation is 2. The lowest BCUT2D eigenvalue weighted by atomic mass is 9.93. The molecular formula is C30H31NO6. The van der Waals surface area contributed by atoms with Crippen LogP contribution in [0.4, 0.5) is 0 Å². The quantitative estimate of drug-likeness (QED) is 0.361. The zero-order valence-corrected chi connectivity index (χ0v) is 21.0. The SMILES string of the molecule is COc1ccc(C(=O)CN(C)CCC=C2c3ccccc3CCc3ccccc32)cc1.O=C(O)C(=O)O. The summed E-state index contributed by atoms with van der Waals surface area (Å²) in [5.41, 5.74) is 7.53. The summed E-state index contributed by atoms with van der Waals surface area (Å²) in [5.74, 6) is -2.76. The van der Waals surface area contributed by atoms with E-state index < -0.39 is 11.9 Å². The number of nitrogens with zero attached hydrogens (tertiary/aromatic N) is 1. The molecule has 0 saturated carbocycles. The van der Waals surface area contributed by atoms with Crippen LogP contribution in [0, 0.1) is 0 Å². The number of likely N-dealkylation sites (N-methyl/N-ethyl adjacent to an activating group) is 1. The first kappa shape index (κ1) is 27.4. The van der Waals surface area contributed by atoms with Gasteiger partial charge in [-0.05, 0) is 78.4 Å². The maximum Gasteiger partial charge on any atom is 0.414 e. The fraction of sp³-hybridized carbons (Fsp3) is 0.233. The number of rotatable bonds is 7. The number of ether oxygens (including phenoxy) is 1. The molecule has 0 atom stereocenters. The molecule has 7 nitrogen and oxygen atoms in total. The van der Waals surface area contributed by atoms with Crippen molar-refractivity contribution in [2.45, 2.75) is 19.3 Å². The molecule has 1 aliphatic carbocycles. The Morgan fingerprint density at radius 1 is 0.838 bits per heavy atom. The molecule has 192 valence electrons. The van der Waals surface area contributed by atoms with E-state index in [1.165, 1.54) is 27.8 Å². The van der Waals surface area contributed by atoms with Gasteiger partial charge in [0.2, 0.25) is 0 Å². The lowest BCUT2D eigenvalue weighted by molar-refractivity contribution is -0.159. The van der Waals surface area contributed by atoms with E-state index in [0.29, 0.717) is 6.54 Å². The average molecular weight is 502 g/mol. The van der Waals surface area contributed by atoms with E-state index in [1.54, 1.807) is 7.11 Å². The van der Waals surface area contributed by atoms with Crippen LogP contribution in [-0.4, -0.2) is 60.1 Å². The smallest absolute Gasteiger partial charge is 0.414 e. The van der Waals surface area contributed by atoms with E-state index in [0.717, 1.165) is 37.1 Å². The highest BCUT2D eigenvalue weighted by Crippen LogP contribution is 2.33. The Bertz CT molecular complexity index is 1220. The Morgan fingerprint density at radius 2 is 1.35 bits per heavy atom. The van der Waals surface area contributed by atoms with Crippen LogP contribution in [-0.2, 0) is 22.4 Å². The number of carboxylic acids is 2. The van der Waals surface area contributed by atoms with Crippen molar-refractivity contribution in [1.82, 2.24) is 4.90 Å². The van der Waals surface area contributed by atoms with Gasteiger partial charge in [0.25, 0.3) is 0 Å². The van der Waals surface area contributed by atoms with Gasteiger partial charge in [0.1, 0.15) is 5.75 Å². The number of methoxy groups -OCH3 is 1. The molecule has 2 N–H and O–H groups in total. The summed E-state index contributed by atoms with van der Waals surface area (Å²) >= 11 is 0. The molecule has 0 amide bonds. The number of aliphatic carboxylic acids is 2. The van der Waals surface area contributed by atoms with Crippen molar-refractivity contribution in [3.8, 4) is 5.75 Å². The van der Waals surface area contributed by atoms with Crippen LogP contribution in [0.5, 0.6) is 5.75 Å². The molecule has 0 radical (unpaired) electrons. The fourth-order valence-electron chi connectivity index (χ4n) is 4.26. The summed E-state index contributed by atoms with van der Waals surface area (Å²) < 4.78 is 5.17. The third kappa shape index (κ3) is 7.62. The van der Waals surface area contributed by atoms with Crippen LogP contribution in [0.15, 0.2) is 78.9 Å². The summed E-state index contributed by atoms with van der Waals surface area (Å²) in [6.45, 7) is 1.23. The van der Waals surface area contributed by atoms with Crippen LogP contribution in [0.2, 0.25) is 0 Å². The molecule has 1 aliphatic rings. The molecule has 0 spiro atoms. The van der Waals surface area contributed by atoms with Gasteiger partial charge in [0.15, 0.2) is 5.78 Å². The second kappa shape index (κ2) is 13.2. The fourth-order valence-corrected chi connectivity index (χ4v) is 4.26. The summed E-state index contributed by atoms with van der Waals surface area (Å²) in [4.78, 5) is 32.9. The highest BCUT2D eigenvalue weighted by atomic mass is 16.5. The van der Waals surface area contributed by atoms with Gasteiger partial charge < -0.3 is 14.9 Å². The van der Waals surface area contributed by atoms with Gasteiger partial charge in [-0.15, -0.1) is 0 Å². The Kier molecular flexibility index (Phi) is 9.75. The van der Waals surface area contributed by atoms with Crippen molar-refractivity contribution < 1.29 is 29.3 Å². The number of carbonyl (C=O) groups is 3. The Balaban J connectivity index is 0.000000568. The lowest BCUT2D eigenvalue weighted by Gasteiger charge is -2.16. The average Bonchev–Trinajstić information content (AvgIpc) is 3.06. The van der Waals surface area contributed by atoms with Gasteiger partial charge in [-0.3, -0.25) is 9.69 Å². The molecule has 37 heavy (non-hydrogen) atoms. The Labute approximate surface area is 216 Å². The topological polar surface area (TPSA) is 104 Å². The van der Waals surface area contributed by atoms with Gasteiger partial charge >= 0.3 is 11.9 Å². The highest BCUT2D eigenvalue weighted by molar-refractivity contribution is 6.27. The molecule has 3 aromatic rings. The van der Waals surface area contributed by atoms with Crippen molar-refractivity contribution in [3.63, 3.8) is 0 Å². The molecule has 0 saturated heterocycles. The van der Waals surface area contributed by atoms with Gasteiger partial charge in [-0.25, -0.2) is 9.59 Å². The predicted octanol–water partition coefficient (Wildman–Crippen LogP) is 4.59. The molecule has 0 bridgehead atoms. The minimum atomic E-state index is -1.82. The number of hydrogen-bond donors (Lipinski definition) is 2. The van der Waals surface area contributed by atoms with E-state index in [4.69, 9.17) is 24.5 Å². The van der Waals surface area contributed by atoms with Gasteiger partial charge in [0.05, 0.1) is 13.7 Å². The number of fused-ring (bicyclic) bond motifs is 2. The first-order valence-electron chi connectivity index (χ1n) is 12.0. The third-order valence-corrected chi connectivity index (χ3v) is 6.15. The van der Waals surface area contributed by atoms with Crippen LogP contribution < -0.4 is 4.74 Å². The van der Waals surface area contributed by atoms with Gasteiger partial charge in [0, 0.05) is 12.1 Å². The van der Waals surface area contributed by atoms with E-state index in [2.05, 4.69) is 59.5 Å². The zero-order chi connectivity index (χ0) is 26.8. The van der Waals surface area contributed by atoms with Crippen LogP contribution in [0.25, 0.3) is 5.57 Å². The molecule has 0 unspecified atom stereocenters. The van der Waals surface area contributed by atoms with Crippen molar-refractivity contribution in [3.05, 3.63) is 107 Å². The van der Waals surface area contributed by atoms with E-state index in [9.17, 15) is 4.79 Å². The Hall–Kier alpha value is -4.23. The van der Waals surface area contributed by atoms with E-state index >= 15 is 0 Å². The van der Waals surface area contributed by atoms with Crippen molar-refractivity contribution in [1.29, 1.82) is 0 Å². The first-order chi connectivity index (χ1) is 17.8. The number of benzene rings is 3. The lowest BCUT2D eigenvalue weighted by Crippen LogP contribution is -2.26. The molecule has 0 aromatic heterocycles. The summed E-state index contributed by atoms with van der Waals surface area (Å²) in [5, 5.41) is 14.8. The molecule has 0 aliphatic heterocycles. The third-order valence-electron chi connectivity index (χ3n) is 6.15. The number of Topliss-reactive ketones (excluding diaryl/α,β-unsaturated/α-hetero) is 1. The van der Waals surface area contributed by atoms with Gasteiger partial charge in [-0.2, -0.15) is 0 Å². The number of hydrogen-bond acceptors (Lipinski definition) is 5. The minimum Gasteiger partial charge on any atom is -0.497 e. The molecule has 0 fully saturated rings. The van der Waals surface area contributed by atoms with Crippen LogP contribution in [0.3, 0.4) is 0 Å². The van der Waals surface area contributed by atoms with Crippen molar-refractivity contribution >= 4 is 23.3 Å². The molecule has 4 rings (SSSR count). The van der Waals surface area contributed by atoms with Gasteiger partial charge in [-0.1, -0.05) is 54.6 Å². The van der Waals surface area contributed by atoms with E-state index in [-0.39, 0.29) is 5.78 Å². The van der Waals surface area contributed by atoms with Crippen LogP contribution >= 0.6 is 0 Å². The summed E-state index contributed by atoms with van der Waals surface area (Å²) in [7, 11) is 3.64. The standard InChI is InChI=1S/C28H29NO2.C2H2O4/c1-29(20-28(30)23-15-17-24(31-2)18-16-23)19-7-12-27-25-10-5-3-8-21(25)13-14-22-9-4-6-11-26(22)27;3-1(4)2(5)6/h3-6,8-12,15-18H,7,13-14,19-20H2,1-2H3;(H,3,4)(H,5,6). The zero-order valence-electron chi connectivity index (χ0n) is 21.0. The molecule has 3 aromatic carbocycles. The van der Waals surface area contributed by atoms with E-state index in [1.807, 2.05) is 31.3 Å². The molecule has 7 heteroatoms. The predicted molar refractivity (Wildman–Crippen MR) is 142 cm³/mol. The second-order valence-electron chi connectivity index (χ2n) is 8.72. The summed E-state index contributed by atoms with van der Waals surface area (Å²) in [6, 6.07) is 24.8.